The van der Waals surface area contributed by atoms with E-state index in [2.05, 4.69) is 0 Å². The number of hydrogen-bond acceptors (Lipinski definition) is 16. The van der Waals surface area contributed by atoms with Crippen LogP contribution in [-0.2, 0) is 75.8 Å². The Labute approximate surface area is 266 Å². The average Bonchev–Trinajstić information content (AvgIpc) is 3.05. The second-order valence-electron chi connectivity index (χ2n) is 10.5. The van der Waals surface area contributed by atoms with Crippen LogP contribution in [0.2, 0.25) is 0 Å². The summed E-state index contributed by atoms with van der Waals surface area (Å²) in [6.07, 6.45) is -10.8. The molecule has 0 saturated carbocycles. The predicted molar refractivity (Wildman–Crippen MR) is 155 cm³/mol. The molecule has 16 nitrogen and oxygen atoms in total. The van der Waals surface area contributed by atoms with Crippen molar-refractivity contribution in [2.45, 2.75) is 85.8 Å². The molecule has 0 spiro atoms. The highest BCUT2D eigenvalue weighted by molar-refractivity contribution is 5.57. The molecule has 266 valence electrons. The Balaban J connectivity index is 2.62. The van der Waals surface area contributed by atoms with Crippen molar-refractivity contribution in [3.8, 4) is 0 Å². The molecule has 2 aliphatic heterocycles. The molecule has 0 radical (unpaired) electrons. The minimum Gasteiger partial charge on any atom is -0.382 e. The normalized spacial score (nSPS) is 35.1. The topological polar surface area (TPSA) is 156 Å². The van der Waals surface area contributed by atoms with Gasteiger partial charge in [0.25, 0.3) is 0 Å². The zero-order chi connectivity index (χ0) is 33.5. The summed E-state index contributed by atoms with van der Waals surface area (Å²) in [6.45, 7) is 0.421. The van der Waals surface area contributed by atoms with Gasteiger partial charge in [0.15, 0.2) is 18.9 Å². The van der Waals surface area contributed by atoms with E-state index in [0.29, 0.717) is 6.29 Å². The molecule has 0 aliphatic carbocycles. The van der Waals surface area contributed by atoms with Gasteiger partial charge in [-0.25, -0.2) is 0 Å². The molecular weight excluding hydrogens is 604 g/mol. The lowest BCUT2D eigenvalue weighted by Gasteiger charge is -2.50. The lowest BCUT2D eigenvalue weighted by Crippen LogP contribution is -2.67. The lowest BCUT2D eigenvalue weighted by molar-refractivity contribution is -0.383. The maximum atomic E-state index is 12.0. The van der Waals surface area contributed by atoms with Gasteiger partial charge in [-0.15, -0.1) is 0 Å². The van der Waals surface area contributed by atoms with Crippen LogP contribution in [0.5, 0.6) is 0 Å². The quantitative estimate of drug-likeness (QED) is 0.137. The Morgan fingerprint density at radius 1 is 0.556 bits per heavy atom. The first-order chi connectivity index (χ1) is 21.8. The van der Waals surface area contributed by atoms with Crippen LogP contribution < -0.4 is 0 Å². The van der Waals surface area contributed by atoms with Crippen LogP contribution in [0.4, 0.5) is 0 Å². The van der Waals surface area contributed by atoms with Gasteiger partial charge in [-0.2, -0.15) is 0 Å². The number of carbonyl (C=O) groups is 1. The number of ether oxygens (including phenoxy) is 15. The fourth-order valence-electron chi connectivity index (χ4n) is 5.94. The molecule has 0 aromatic carbocycles. The van der Waals surface area contributed by atoms with Gasteiger partial charge in [0.2, 0.25) is 0 Å². The van der Waals surface area contributed by atoms with Crippen LogP contribution in [-0.4, -0.2) is 190 Å². The molecule has 2 aliphatic rings. The molecule has 14 atom stereocenters. The molecule has 16 heteroatoms. The first kappa shape index (κ1) is 40.2. The van der Waals surface area contributed by atoms with Gasteiger partial charge in [0, 0.05) is 78.2 Å². The van der Waals surface area contributed by atoms with Gasteiger partial charge in [-0.3, -0.25) is 0 Å². The van der Waals surface area contributed by atoms with E-state index in [1.807, 2.05) is 0 Å². The van der Waals surface area contributed by atoms with E-state index in [4.69, 9.17) is 71.1 Å². The van der Waals surface area contributed by atoms with E-state index in [9.17, 15) is 4.79 Å². The average molecular weight is 659 g/mol. The Kier molecular flexibility index (Phi) is 18.9. The van der Waals surface area contributed by atoms with Gasteiger partial charge >= 0.3 is 0 Å². The van der Waals surface area contributed by atoms with E-state index < -0.39 is 85.8 Å². The number of methoxy groups -OCH3 is 11. The summed E-state index contributed by atoms with van der Waals surface area (Å²) in [5.74, 6) is 0. The minimum absolute atomic E-state index is 0.0918. The van der Waals surface area contributed by atoms with Crippen LogP contribution in [0, 0.1) is 0 Å². The molecule has 0 aromatic heterocycles. The maximum Gasteiger partial charge on any atom is 0.187 e. The van der Waals surface area contributed by atoms with Crippen molar-refractivity contribution in [1.82, 2.24) is 0 Å². The molecular formula is C29H54O16. The Morgan fingerprint density at radius 2 is 1.07 bits per heavy atom. The van der Waals surface area contributed by atoms with Crippen LogP contribution >= 0.6 is 0 Å². The molecule has 45 heavy (non-hydrogen) atoms. The van der Waals surface area contributed by atoms with E-state index in [1.54, 1.807) is 28.4 Å². The summed E-state index contributed by atoms with van der Waals surface area (Å²) < 4.78 is 88.4. The first-order valence-electron chi connectivity index (χ1n) is 14.6. The summed E-state index contributed by atoms with van der Waals surface area (Å²) in [4.78, 5) is 12.0. The zero-order valence-electron chi connectivity index (χ0n) is 28.3. The van der Waals surface area contributed by atoms with Gasteiger partial charge in [-0.1, -0.05) is 0 Å². The Hall–Kier alpha value is -0.930. The fraction of sp³-hybridized carbons (Fsp3) is 0.966. The third-order valence-electron chi connectivity index (χ3n) is 8.11. The highest BCUT2D eigenvalue weighted by Crippen LogP contribution is 2.35. The third-order valence-corrected chi connectivity index (χ3v) is 8.11. The van der Waals surface area contributed by atoms with Crippen LogP contribution in [0.15, 0.2) is 0 Å². The zero-order valence-corrected chi connectivity index (χ0v) is 28.3. The molecule has 0 bridgehead atoms. The summed E-state index contributed by atoms with van der Waals surface area (Å²) in [7, 11) is 16.6. The fourth-order valence-corrected chi connectivity index (χ4v) is 5.94. The number of aldehydes is 1. The van der Waals surface area contributed by atoms with Gasteiger partial charge in [0.05, 0.1) is 19.8 Å². The first-order valence-corrected chi connectivity index (χ1v) is 14.6. The predicted octanol–water partition coefficient (Wildman–Crippen LogP) is -0.535. The number of rotatable bonds is 22. The Morgan fingerprint density at radius 3 is 1.47 bits per heavy atom. The largest absolute Gasteiger partial charge is 0.382 e. The second kappa shape index (κ2) is 21.1. The highest BCUT2D eigenvalue weighted by Gasteiger charge is 2.55. The molecule has 0 aromatic rings. The van der Waals surface area contributed by atoms with Crippen molar-refractivity contribution in [3.63, 3.8) is 0 Å². The van der Waals surface area contributed by atoms with Gasteiger partial charge in [0.1, 0.15) is 73.2 Å². The van der Waals surface area contributed by atoms with E-state index in [0.717, 1.165) is 0 Å². The van der Waals surface area contributed by atoms with Crippen molar-refractivity contribution in [3.05, 3.63) is 0 Å². The van der Waals surface area contributed by atoms with Gasteiger partial charge in [-0.05, 0) is 0 Å². The summed E-state index contributed by atoms with van der Waals surface area (Å²) >= 11 is 0. The second-order valence-corrected chi connectivity index (χ2v) is 10.5. The van der Waals surface area contributed by atoms with Crippen molar-refractivity contribution in [1.29, 1.82) is 0 Å². The van der Waals surface area contributed by atoms with Crippen LogP contribution in [0.3, 0.4) is 0 Å². The van der Waals surface area contributed by atoms with Crippen LogP contribution in [0.1, 0.15) is 0 Å². The van der Waals surface area contributed by atoms with E-state index in [1.165, 1.54) is 49.8 Å². The SMILES string of the molecule is COCC(OC)C(OC1OC(COC)C(OC)C(OC)C1OC1O[C@H](COC)[C@H](OC)[C@H](OC)[C@H]1OC)C(OC)C(C=O)OC. The summed E-state index contributed by atoms with van der Waals surface area (Å²) in [5, 5.41) is 0. The lowest BCUT2D eigenvalue weighted by atomic mass is 9.96. The van der Waals surface area contributed by atoms with Crippen molar-refractivity contribution >= 4 is 6.29 Å². The number of carbonyl (C=O) groups excluding carboxylic acids is 1. The molecule has 2 fully saturated rings. The third kappa shape index (κ3) is 9.81. The minimum atomic E-state index is -1.18. The van der Waals surface area contributed by atoms with Crippen molar-refractivity contribution < 1.29 is 75.8 Å². The van der Waals surface area contributed by atoms with Crippen LogP contribution in [0.25, 0.3) is 0 Å². The maximum absolute atomic E-state index is 12.0. The molecule has 0 N–H and O–H groups in total. The molecule has 2 saturated heterocycles. The van der Waals surface area contributed by atoms with E-state index in [-0.39, 0.29) is 19.8 Å². The molecule has 2 heterocycles. The smallest absolute Gasteiger partial charge is 0.187 e. The molecule has 10 unspecified atom stereocenters. The molecule has 0 amide bonds. The summed E-state index contributed by atoms with van der Waals surface area (Å²) in [5.41, 5.74) is 0. The monoisotopic (exact) mass is 658 g/mol. The number of hydrogen-bond donors (Lipinski definition) is 0. The summed E-state index contributed by atoms with van der Waals surface area (Å²) in [6, 6.07) is 0. The highest BCUT2D eigenvalue weighted by atomic mass is 16.8. The van der Waals surface area contributed by atoms with Gasteiger partial charge < -0.3 is 75.8 Å². The standard InChI is InChI=1S/C29H54O16/c1-31-13-17(35-5)23(20(36-6)16(12-30)34-4)44-29-27(25(40-10)22(38-8)19(43-29)15-33-3)45-28-26(41-11)24(39-9)21(37-7)18(42-28)14-32-2/h12,16-29H,13-15H2,1-11H3/t16?,17?,18-,19?,20?,21+,22?,23?,24+,25?,26-,27?,28?,29?/m1/s1. The van der Waals surface area contributed by atoms with Crippen molar-refractivity contribution in [2.75, 3.05) is 98.0 Å². The van der Waals surface area contributed by atoms with E-state index >= 15 is 0 Å². The van der Waals surface area contributed by atoms with Crippen molar-refractivity contribution in [2.24, 2.45) is 0 Å². The molecule has 2 rings (SSSR count). The Bertz CT molecular complexity index is 793.